The van der Waals surface area contributed by atoms with Crippen LogP contribution in [0.2, 0.25) is 0 Å². The Morgan fingerprint density at radius 3 is 2.06 bits per heavy atom. The lowest BCUT2D eigenvalue weighted by Gasteiger charge is -2.34. The number of rotatable bonds is 10. The number of nitrogens with two attached hydrogens (primary N) is 1. The van der Waals surface area contributed by atoms with Gasteiger partial charge in [-0.3, -0.25) is 4.90 Å². The summed E-state index contributed by atoms with van der Waals surface area (Å²) in [6, 6.07) is 1.22. The van der Waals surface area contributed by atoms with E-state index in [0.717, 1.165) is 6.54 Å². The van der Waals surface area contributed by atoms with Crippen molar-refractivity contribution in [2.75, 3.05) is 13.1 Å². The Balaban J connectivity index is 4.12. The van der Waals surface area contributed by atoms with Crippen molar-refractivity contribution >= 4 is 0 Å². The van der Waals surface area contributed by atoms with E-state index in [1.54, 1.807) is 0 Å². The summed E-state index contributed by atoms with van der Waals surface area (Å²) in [5, 5.41) is 0. The largest absolute Gasteiger partial charge is 0.329 e. The summed E-state index contributed by atoms with van der Waals surface area (Å²) >= 11 is 0. The van der Waals surface area contributed by atoms with Crippen LogP contribution in [0.3, 0.4) is 0 Å². The van der Waals surface area contributed by atoms with Gasteiger partial charge < -0.3 is 5.73 Å². The summed E-state index contributed by atoms with van der Waals surface area (Å²) in [7, 11) is 0. The topological polar surface area (TPSA) is 29.3 Å². The highest BCUT2D eigenvalue weighted by Crippen LogP contribution is 2.13. The molecule has 0 radical (unpaired) electrons. The molecule has 0 aromatic rings. The maximum Gasteiger partial charge on any atom is 0.0221 e. The van der Waals surface area contributed by atoms with Crippen molar-refractivity contribution in [1.82, 2.24) is 4.90 Å². The van der Waals surface area contributed by atoms with Gasteiger partial charge in [0.25, 0.3) is 0 Å². The van der Waals surface area contributed by atoms with Crippen LogP contribution in [0.4, 0.5) is 0 Å². The minimum atomic E-state index is 0.594. The van der Waals surface area contributed by atoms with E-state index in [4.69, 9.17) is 5.73 Å². The predicted octanol–water partition coefficient (Wildman–Crippen LogP) is 3.40. The Bertz CT molecular complexity index is 146. The smallest absolute Gasteiger partial charge is 0.0221 e. The van der Waals surface area contributed by atoms with Crippen molar-refractivity contribution in [3.05, 3.63) is 0 Å². The quantitative estimate of drug-likeness (QED) is 0.581. The molecule has 0 aliphatic heterocycles. The zero-order chi connectivity index (χ0) is 12.4. The number of unbranched alkanes of at least 4 members (excludes halogenated alkanes) is 3. The Hall–Kier alpha value is -0.0800. The molecule has 0 fully saturated rings. The van der Waals surface area contributed by atoms with E-state index in [1.165, 1.54) is 45.1 Å². The van der Waals surface area contributed by atoms with Gasteiger partial charge in [-0.05, 0) is 33.2 Å². The standard InChI is InChI=1S/C14H32N2/c1-5-7-9-11-16(13(3)4)14(12-15)10-8-6-2/h13-14H,5-12,15H2,1-4H3. The summed E-state index contributed by atoms with van der Waals surface area (Å²) in [5.74, 6) is 0. The third kappa shape index (κ3) is 6.49. The molecule has 2 N–H and O–H groups in total. The monoisotopic (exact) mass is 228 g/mol. The third-order valence-electron chi connectivity index (χ3n) is 3.32. The molecule has 0 bridgehead atoms. The van der Waals surface area contributed by atoms with Crippen LogP contribution >= 0.6 is 0 Å². The Morgan fingerprint density at radius 2 is 1.62 bits per heavy atom. The van der Waals surface area contributed by atoms with Gasteiger partial charge in [0.05, 0.1) is 0 Å². The normalized spacial score (nSPS) is 13.7. The zero-order valence-electron chi connectivity index (χ0n) is 11.8. The molecule has 0 saturated carbocycles. The van der Waals surface area contributed by atoms with E-state index in [0.29, 0.717) is 12.1 Å². The Morgan fingerprint density at radius 1 is 1.00 bits per heavy atom. The second kappa shape index (κ2) is 10.1. The van der Waals surface area contributed by atoms with Crippen LogP contribution in [-0.4, -0.2) is 30.1 Å². The number of hydrogen-bond acceptors (Lipinski definition) is 2. The molecule has 0 heterocycles. The maximum absolute atomic E-state index is 5.91. The zero-order valence-corrected chi connectivity index (χ0v) is 11.8. The van der Waals surface area contributed by atoms with Crippen molar-refractivity contribution in [3.8, 4) is 0 Å². The van der Waals surface area contributed by atoms with E-state index in [9.17, 15) is 0 Å². The van der Waals surface area contributed by atoms with E-state index >= 15 is 0 Å². The minimum Gasteiger partial charge on any atom is -0.329 e. The fourth-order valence-corrected chi connectivity index (χ4v) is 2.27. The lowest BCUT2D eigenvalue weighted by molar-refractivity contribution is 0.144. The van der Waals surface area contributed by atoms with Gasteiger partial charge >= 0.3 is 0 Å². The highest BCUT2D eigenvalue weighted by atomic mass is 15.2. The van der Waals surface area contributed by atoms with Gasteiger partial charge in [0, 0.05) is 18.6 Å². The Kier molecular flexibility index (Phi) is 10.0. The van der Waals surface area contributed by atoms with Crippen molar-refractivity contribution in [2.45, 2.75) is 78.3 Å². The fraction of sp³-hybridized carbons (Fsp3) is 1.00. The van der Waals surface area contributed by atoms with E-state index in [-0.39, 0.29) is 0 Å². The molecule has 2 nitrogen and oxygen atoms in total. The molecule has 0 rings (SSSR count). The summed E-state index contributed by atoms with van der Waals surface area (Å²) in [6.07, 6.45) is 7.80. The minimum absolute atomic E-state index is 0.594. The molecule has 0 aromatic carbocycles. The average molecular weight is 228 g/mol. The number of nitrogens with zero attached hydrogens (tertiary/aromatic N) is 1. The first-order valence-electron chi connectivity index (χ1n) is 7.13. The molecule has 0 spiro atoms. The first kappa shape index (κ1) is 15.9. The van der Waals surface area contributed by atoms with Gasteiger partial charge in [-0.1, -0.05) is 39.5 Å². The molecule has 0 aliphatic rings. The highest BCUT2D eigenvalue weighted by molar-refractivity contribution is 4.75. The van der Waals surface area contributed by atoms with Gasteiger partial charge in [-0.25, -0.2) is 0 Å². The molecule has 0 amide bonds. The molecule has 1 atom stereocenters. The lowest BCUT2D eigenvalue weighted by Crippen LogP contribution is -2.45. The van der Waals surface area contributed by atoms with E-state index in [1.807, 2.05) is 0 Å². The van der Waals surface area contributed by atoms with Crippen LogP contribution in [0.5, 0.6) is 0 Å². The van der Waals surface area contributed by atoms with Gasteiger partial charge in [0.2, 0.25) is 0 Å². The lowest BCUT2D eigenvalue weighted by atomic mass is 10.1. The molecule has 98 valence electrons. The SMILES string of the molecule is CCCCCN(C(C)C)C(CN)CCCC. The van der Waals surface area contributed by atoms with Crippen LogP contribution in [-0.2, 0) is 0 Å². The van der Waals surface area contributed by atoms with Crippen molar-refractivity contribution < 1.29 is 0 Å². The van der Waals surface area contributed by atoms with Gasteiger partial charge in [-0.2, -0.15) is 0 Å². The Labute approximate surface area is 103 Å². The predicted molar refractivity (Wildman–Crippen MR) is 73.7 cm³/mol. The molecule has 2 heteroatoms. The van der Waals surface area contributed by atoms with E-state index < -0.39 is 0 Å². The molecular formula is C14H32N2. The van der Waals surface area contributed by atoms with Gasteiger partial charge in [-0.15, -0.1) is 0 Å². The summed E-state index contributed by atoms with van der Waals surface area (Å²) in [6.45, 7) is 11.1. The highest BCUT2D eigenvalue weighted by Gasteiger charge is 2.18. The molecule has 16 heavy (non-hydrogen) atoms. The second-order valence-electron chi connectivity index (χ2n) is 5.07. The van der Waals surface area contributed by atoms with Crippen LogP contribution in [0.25, 0.3) is 0 Å². The number of hydrogen-bond donors (Lipinski definition) is 1. The second-order valence-corrected chi connectivity index (χ2v) is 5.07. The maximum atomic E-state index is 5.91. The summed E-state index contributed by atoms with van der Waals surface area (Å²) < 4.78 is 0. The summed E-state index contributed by atoms with van der Waals surface area (Å²) in [5.41, 5.74) is 5.91. The van der Waals surface area contributed by atoms with Crippen LogP contribution < -0.4 is 5.73 Å². The van der Waals surface area contributed by atoms with Crippen molar-refractivity contribution in [3.63, 3.8) is 0 Å². The molecule has 0 aliphatic carbocycles. The van der Waals surface area contributed by atoms with Crippen molar-refractivity contribution in [2.24, 2.45) is 5.73 Å². The first-order chi connectivity index (χ1) is 7.67. The van der Waals surface area contributed by atoms with Crippen LogP contribution in [0.1, 0.15) is 66.2 Å². The fourth-order valence-electron chi connectivity index (χ4n) is 2.27. The molecule has 1 unspecified atom stereocenters. The van der Waals surface area contributed by atoms with Gasteiger partial charge in [0.1, 0.15) is 0 Å². The summed E-state index contributed by atoms with van der Waals surface area (Å²) in [4.78, 5) is 2.60. The van der Waals surface area contributed by atoms with Crippen molar-refractivity contribution in [1.29, 1.82) is 0 Å². The van der Waals surface area contributed by atoms with Crippen LogP contribution in [0.15, 0.2) is 0 Å². The average Bonchev–Trinajstić information content (AvgIpc) is 2.27. The van der Waals surface area contributed by atoms with E-state index in [2.05, 4.69) is 32.6 Å². The van der Waals surface area contributed by atoms with Gasteiger partial charge in [0.15, 0.2) is 0 Å². The molecule has 0 aromatic heterocycles. The molecule has 0 saturated heterocycles. The first-order valence-corrected chi connectivity index (χ1v) is 7.13. The van der Waals surface area contributed by atoms with Crippen LogP contribution in [0, 0.1) is 0 Å². The third-order valence-corrected chi connectivity index (χ3v) is 3.32. The molecular weight excluding hydrogens is 196 g/mol.